The Kier molecular flexibility index (Phi) is 1.92. The lowest BCUT2D eigenvalue weighted by Crippen LogP contribution is -2.41. The van der Waals surface area contributed by atoms with Gasteiger partial charge in [-0.05, 0) is 55.4 Å². The third kappa shape index (κ3) is 2.19. The Hall–Kier alpha value is -1.88. The average Bonchev–Trinajstić information content (AvgIpc) is 3.26. The van der Waals surface area contributed by atoms with Gasteiger partial charge in [-0.25, -0.2) is 0 Å². The number of rotatable bonds is 1. The minimum absolute atomic E-state index is 0.00461. The summed E-state index contributed by atoms with van der Waals surface area (Å²) in [5, 5.41) is 0.575. The molecule has 1 aliphatic rings. The van der Waals surface area contributed by atoms with E-state index in [1.807, 2.05) is 27.7 Å². The van der Waals surface area contributed by atoms with Crippen LogP contribution in [-0.4, -0.2) is 18.3 Å². The molecule has 0 atom stereocenters. The molecule has 1 fully saturated rings. The van der Waals surface area contributed by atoms with E-state index in [2.05, 4.69) is 0 Å². The van der Waals surface area contributed by atoms with Gasteiger partial charge in [0, 0.05) is 14.8 Å². The normalized spacial score (nSPS) is 23.8. The van der Waals surface area contributed by atoms with Crippen molar-refractivity contribution in [2.75, 3.05) is 0 Å². The van der Waals surface area contributed by atoms with Crippen LogP contribution in [0.1, 0.15) is 40.0 Å². The third-order valence-corrected chi connectivity index (χ3v) is 6.39. The number of hydrogen-bond donors (Lipinski definition) is 0. The molecule has 2 nitrogen and oxygen atoms in total. The highest BCUT2D eigenvalue weighted by Gasteiger charge is 2.52. The predicted molar refractivity (Wildman–Crippen MR) is 113 cm³/mol. The van der Waals surface area contributed by atoms with Crippen molar-refractivity contribution in [2.24, 2.45) is 0 Å². The van der Waals surface area contributed by atoms with E-state index in [0.717, 1.165) is 11.3 Å². The molecule has 0 N–H and O–H groups in total. The van der Waals surface area contributed by atoms with Crippen LogP contribution < -0.4 is 5.46 Å². The topological polar surface area (TPSA) is 18.5 Å². The van der Waals surface area contributed by atoms with Gasteiger partial charge in [0.05, 0.1) is 23.5 Å². The highest BCUT2D eigenvalue weighted by molar-refractivity contribution is 7.27. The number of thiophene rings is 1. The zero-order valence-electron chi connectivity index (χ0n) is 23.8. The van der Waals surface area contributed by atoms with Crippen LogP contribution in [0.25, 0.3) is 30.9 Å². The van der Waals surface area contributed by atoms with E-state index in [9.17, 15) is 0 Å². The van der Waals surface area contributed by atoms with Crippen LogP contribution in [0.5, 0.6) is 0 Å². The molecule has 2 heterocycles. The van der Waals surface area contributed by atoms with Gasteiger partial charge in [0.25, 0.3) is 0 Å². The number of hydrogen-bond acceptors (Lipinski definition) is 3. The summed E-state index contributed by atoms with van der Waals surface area (Å²) in [6.45, 7) is 7.38. The molecule has 1 aromatic heterocycles. The third-order valence-electron chi connectivity index (χ3n) is 5.27. The van der Waals surface area contributed by atoms with Crippen molar-refractivity contribution >= 4 is 54.9 Å². The van der Waals surface area contributed by atoms with Gasteiger partial charge >= 0.3 is 7.12 Å². The van der Waals surface area contributed by atoms with Crippen LogP contribution in [0, 0.1) is 0 Å². The monoisotopic (exact) mass is 369 g/mol. The Balaban J connectivity index is 2.10. The largest absolute Gasteiger partial charge is 0.495 e. The summed E-state index contributed by atoms with van der Waals surface area (Å²) in [7, 11) is -1.09. The van der Waals surface area contributed by atoms with Crippen LogP contribution in [0.15, 0.2) is 54.4 Å². The molecule has 0 spiro atoms. The lowest BCUT2D eigenvalue weighted by atomic mass is 9.75. The summed E-state index contributed by atoms with van der Waals surface area (Å²) in [5.41, 5.74) is -1.36. The molecule has 1 saturated heterocycles. The molecule has 26 heavy (non-hydrogen) atoms. The molecule has 0 saturated carbocycles. The summed E-state index contributed by atoms with van der Waals surface area (Å²) in [6, 6.07) is -3.21. The second-order valence-electron chi connectivity index (χ2n) is 7.39. The van der Waals surface area contributed by atoms with Gasteiger partial charge in [-0.2, -0.15) is 0 Å². The summed E-state index contributed by atoms with van der Waals surface area (Å²) in [6.07, 6.45) is 0. The van der Waals surface area contributed by atoms with Crippen LogP contribution in [0.4, 0.5) is 0 Å². The Bertz CT molecular complexity index is 1600. The van der Waals surface area contributed by atoms with E-state index in [-0.39, 0.29) is 61.9 Å². The zero-order valence-corrected chi connectivity index (χ0v) is 15.6. The first-order valence-electron chi connectivity index (χ1n) is 12.8. The van der Waals surface area contributed by atoms with Gasteiger partial charge in [0.1, 0.15) is 0 Å². The maximum Gasteiger partial charge on any atom is 0.495 e. The SMILES string of the molecule is [2H]c1c([2H])c([2H])c2c(sc3c4c([2H])c([2H])c([2H])c([2H])c4c([2H])c(B4OC(C)(C)C(C)(C)O4)c32)c1[2H]. The molecular weight excluding hydrogens is 339 g/mol. The summed E-state index contributed by atoms with van der Waals surface area (Å²) in [5.74, 6) is 0. The number of fused-ring (bicyclic) bond motifs is 5. The lowest BCUT2D eigenvalue weighted by Gasteiger charge is -2.32. The minimum atomic E-state index is -1.09. The van der Waals surface area contributed by atoms with Crippen molar-refractivity contribution in [1.29, 1.82) is 0 Å². The maximum atomic E-state index is 9.09. The van der Waals surface area contributed by atoms with E-state index in [1.54, 1.807) is 0 Å². The van der Waals surface area contributed by atoms with E-state index in [1.165, 1.54) is 0 Å². The van der Waals surface area contributed by atoms with Crippen molar-refractivity contribution in [3.8, 4) is 0 Å². The Morgan fingerprint density at radius 3 is 2.23 bits per heavy atom. The van der Waals surface area contributed by atoms with Crippen molar-refractivity contribution in [3.63, 3.8) is 0 Å². The highest BCUT2D eigenvalue weighted by Crippen LogP contribution is 2.41. The average molecular weight is 369 g/mol. The molecule has 0 unspecified atom stereocenters. The zero-order chi connectivity index (χ0) is 25.9. The Morgan fingerprint density at radius 2 is 1.50 bits per heavy atom. The minimum Gasteiger partial charge on any atom is -0.399 e. The molecule has 5 rings (SSSR count). The van der Waals surface area contributed by atoms with Crippen LogP contribution in [-0.2, 0) is 9.31 Å². The van der Waals surface area contributed by atoms with Gasteiger partial charge < -0.3 is 9.31 Å². The quantitative estimate of drug-likeness (QED) is 0.412. The van der Waals surface area contributed by atoms with Gasteiger partial charge in [0.15, 0.2) is 0 Å². The van der Waals surface area contributed by atoms with Crippen molar-refractivity contribution < 1.29 is 21.6 Å². The smallest absolute Gasteiger partial charge is 0.399 e. The molecule has 3 aromatic carbocycles. The predicted octanol–water partition coefficient (Wildman–Crippen LogP) is 5.51. The second-order valence-corrected chi connectivity index (χ2v) is 8.41. The van der Waals surface area contributed by atoms with Crippen LogP contribution in [0.2, 0.25) is 0 Å². The summed E-state index contributed by atoms with van der Waals surface area (Å²) in [4.78, 5) is 0. The van der Waals surface area contributed by atoms with Gasteiger partial charge in [-0.3, -0.25) is 0 Å². The van der Waals surface area contributed by atoms with Crippen molar-refractivity contribution in [1.82, 2.24) is 0 Å². The Labute approximate surface area is 170 Å². The molecule has 1 aliphatic heterocycles. The molecule has 0 bridgehead atoms. The first-order valence-corrected chi connectivity index (χ1v) is 9.14. The van der Waals surface area contributed by atoms with Gasteiger partial charge in [-0.15, -0.1) is 11.3 Å². The van der Waals surface area contributed by atoms with Crippen molar-refractivity contribution in [3.05, 3.63) is 54.4 Å². The molecule has 0 radical (unpaired) electrons. The van der Waals surface area contributed by atoms with Gasteiger partial charge in [-0.1, -0.05) is 48.3 Å². The second kappa shape index (κ2) is 5.32. The van der Waals surface area contributed by atoms with Gasteiger partial charge in [0.2, 0.25) is 0 Å². The molecule has 0 aliphatic carbocycles. The summed E-state index contributed by atoms with van der Waals surface area (Å²) >= 11 is 1.02. The standard InChI is InChI=1S/C22H21BO2S/c1-21(2)22(3,4)25-23(24-21)17-13-14-9-5-6-10-15(14)20-19(17)16-11-7-8-12-18(16)26-20/h5-13H,1-4H3/i5D,6D,7D,8D,9D,10D,11D,12D,13D. The van der Waals surface area contributed by atoms with Crippen LogP contribution >= 0.6 is 11.3 Å². The molecule has 4 heteroatoms. The summed E-state index contributed by atoms with van der Waals surface area (Å²) < 4.78 is 89.0. The van der Waals surface area contributed by atoms with E-state index >= 15 is 0 Å². The molecular formula is C22H21BO2S. The maximum absolute atomic E-state index is 9.09. The first-order chi connectivity index (χ1) is 16.1. The molecule has 0 amide bonds. The lowest BCUT2D eigenvalue weighted by molar-refractivity contribution is 0.00578. The van der Waals surface area contributed by atoms with Crippen molar-refractivity contribution in [2.45, 2.75) is 38.9 Å². The Morgan fingerprint density at radius 1 is 0.885 bits per heavy atom. The molecule has 4 aromatic rings. The van der Waals surface area contributed by atoms with E-state index in [0.29, 0.717) is 4.70 Å². The fraction of sp³-hybridized carbons (Fsp3) is 0.273. The highest BCUT2D eigenvalue weighted by atomic mass is 32.1. The van der Waals surface area contributed by atoms with E-state index < -0.39 is 42.5 Å². The van der Waals surface area contributed by atoms with Crippen LogP contribution in [0.3, 0.4) is 0 Å². The first kappa shape index (κ1) is 9.36. The fourth-order valence-electron chi connectivity index (χ4n) is 3.16. The molecule has 130 valence electrons. The number of benzene rings is 3. The van der Waals surface area contributed by atoms with E-state index in [4.69, 9.17) is 21.6 Å². The fourth-order valence-corrected chi connectivity index (χ4v) is 4.30.